The normalized spacial score (nSPS) is 14.1. The average Bonchev–Trinajstić information content (AvgIpc) is 3.39. The second-order valence-corrected chi connectivity index (χ2v) is 8.28. The van der Waals surface area contributed by atoms with Crippen molar-refractivity contribution in [1.29, 1.82) is 0 Å². The molecule has 8 heteroatoms. The molecule has 1 aliphatic rings. The first-order valence-corrected chi connectivity index (χ1v) is 10.6. The van der Waals surface area contributed by atoms with Crippen molar-refractivity contribution in [2.24, 2.45) is 0 Å². The van der Waals surface area contributed by atoms with Gasteiger partial charge in [0.2, 0.25) is 0 Å². The minimum absolute atomic E-state index is 0.00961. The molecule has 0 bridgehead atoms. The van der Waals surface area contributed by atoms with Gasteiger partial charge >= 0.3 is 5.97 Å². The van der Waals surface area contributed by atoms with Gasteiger partial charge in [0.05, 0.1) is 21.7 Å². The molecule has 0 saturated carbocycles. The summed E-state index contributed by atoms with van der Waals surface area (Å²) in [7, 11) is 0. The van der Waals surface area contributed by atoms with Gasteiger partial charge in [-0.05, 0) is 70.2 Å². The number of nitro groups is 1. The van der Waals surface area contributed by atoms with Crippen LogP contribution in [0.4, 0.5) is 5.69 Å². The van der Waals surface area contributed by atoms with Crippen LogP contribution in [0.5, 0.6) is 0 Å². The standard InChI is InChI=1S/C24H15BrN2O5/c25-19-12-14(27(30)31)6-9-16(19)21-10-7-15(32-21)11-13-5-8-18-22(24(28)29)17-3-1-2-4-20(17)26-23(13)18/h1-4,6-7,9-12H,5,8H2,(H,28,29). The van der Waals surface area contributed by atoms with Crippen molar-refractivity contribution in [2.45, 2.75) is 12.8 Å². The molecule has 0 unspecified atom stereocenters. The van der Waals surface area contributed by atoms with Crippen LogP contribution in [-0.4, -0.2) is 21.0 Å². The van der Waals surface area contributed by atoms with Gasteiger partial charge in [0, 0.05) is 27.6 Å². The van der Waals surface area contributed by atoms with Crippen LogP contribution in [0.1, 0.15) is 33.8 Å². The maximum atomic E-state index is 12.0. The van der Waals surface area contributed by atoms with Crippen LogP contribution in [0.3, 0.4) is 0 Å². The Morgan fingerprint density at radius 2 is 1.97 bits per heavy atom. The number of carboxylic acids is 1. The Morgan fingerprint density at radius 3 is 2.72 bits per heavy atom. The van der Waals surface area contributed by atoms with Crippen molar-refractivity contribution in [3.05, 3.63) is 91.8 Å². The van der Waals surface area contributed by atoms with E-state index in [9.17, 15) is 20.0 Å². The zero-order chi connectivity index (χ0) is 22.4. The van der Waals surface area contributed by atoms with E-state index in [0.29, 0.717) is 56.6 Å². The quantitative estimate of drug-likeness (QED) is 0.263. The Hall–Kier alpha value is -3.78. The predicted molar refractivity (Wildman–Crippen MR) is 123 cm³/mol. The fourth-order valence-electron chi connectivity index (χ4n) is 4.09. The summed E-state index contributed by atoms with van der Waals surface area (Å²) in [4.78, 5) is 27.2. The number of pyridine rings is 1. The molecule has 2 aromatic heterocycles. The fourth-order valence-corrected chi connectivity index (χ4v) is 4.65. The number of nitro benzene ring substituents is 1. The summed E-state index contributed by atoms with van der Waals surface area (Å²) >= 11 is 3.37. The first-order valence-electron chi connectivity index (χ1n) is 9.82. The molecule has 0 spiro atoms. The molecule has 0 radical (unpaired) electrons. The van der Waals surface area contributed by atoms with Gasteiger partial charge in [0.25, 0.3) is 5.69 Å². The number of halogens is 1. The maximum absolute atomic E-state index is 12.0. The summed E-state index contributed by atoms with van der Waals surface area (Å²) in [6.45, 7) is 0. The number of aromatic carboxylic acids is 1. The van der Waals surface area contributed by atoms with Gasteiger partial charge in [-0.2, -0.15) is 0 Å². The summed E-state index contributed by atoms with van der Waals surface area (Å²) in [6, 6.07) is 15.4. The van der Waals surface area contributed by atoms with E-state index in [-0.39, 0.29) is 5.69 Å². The number of fused-ring (bicyclic) bond motifs is 2. The topological polar surface area (TPSA) is 106 Å². The summed E-state index contributed by atoms with van der Waals surface area (Å²) in [5.41, 5.74) is 3.99. The molecule has 32 heavy (non-hydrogen) atoms. The summed E-state index contributed by atoms with van der Waals surface area (Å²) in [5.74, 6) is 0.207. The van der Waals surface area contributed by atoms with Crippen molar-refractivity contribution < 1.29 is 19.2 Å². The van der Waals surface area contributed by atoms with Crippen LogP contribution in [0.2, 0.25) is 0 Å². The number of furan rings is 1. The number of rotatable bonds is 4. The second-order valence-electron chi connectivity index (χ2n) is 7.43. The van der Waals surface area contributed by atoms with Crippen LogP contribution in [0.15, 0.2) is 63.5 Å². The number of non-ortho nitro benzene ring substituents is 1. The first kappa shape index (κ1) is 20.1. The van der Waals surface area contributed by atoms with Gasteiger partial charge in [-0.15, -0.1) is 0 Å². The SMILES string of the molecule is O=C(O)c1c2c(nc3ccccc13)C(=Cc1ccc(-c3ccc([N+](=O)[O-])cc3Br)o1)CC2. The van der Waals surface area contributed by atoms with Crippen molar-refractivity contribution in [2.75, 3.05) is 0 Å². The van der Waals surface area contributed by atoms with Crippen LogP contribution < -0.4 is 0 Å². The number of hydrogen-bond donors (Lipinski definition) is 1. The molecule has 7 nitrogen and oxygen atoms in total. The van der Waals surface area contributed by atoms with Crippen molar-refractivity contribution in [3.8, 4) is 11.3 Å². The molecular formula is C24H15BrN2O5. The van der Waals surface area contributed by atoms with Crippen LogP contribution in [0.25, 0.3) is 33.9 Å². The number of benzene rings is 2. The Morgan fingerprint density at radius 1 is 1.16 bits per heavy atom. The summed E-state index contributed by atoms with van der Waals surface area (Å²) < 4.78 is 6.53. The van der Waals surface area contributed by atoms with Gasteiger partial charge in [0.1, 0.15) is 11.5 Å². The van der Waals surface area contributed by atoms with Crippen LogP contribution in [-0.2, 0) is 6.42 Å². The van der Waals surface area contributed by atoms with E-state index in [4.69, 9.17) is 9.40 Å². The third-order valence-corrected chi connectivity index (χ3v) is 6.18. The summed E-state index contributed by atoms with van der Waals surface area (Å²) in [5, 5.41) is 21.4. The first-order chi connectivity index (χ1) is 15.4. The second kappa shape index (κ2) is 7.72. The van der Waals surface area contributed by atoms with Gasteiger partial charge in [-0.25, -0.2) is 9.78 Å². The van der Waals surface area contributed by atoms with Crippen molar-refractivity contribution in [3.63, 3.8) is 0 Å². The highest BCUT2D eigenvalue weighted by atomic mass is 79.9. The average molecular weight is 491 g/mol. The molecule has 1 aliphatic carbocycles. The Kier molecular flexibility index (Phi) is 4.86. The van der Waals surface area contributed by atoms with Crippen LogP contribution in [0, 0.1) is 10.1 Å². The third kappa shape index (κ3) is 3.38. The Labute approximate surface area is 190 Å². The van der Waals surface area contributed by atoms with Crippen molar-refractivity contribution in [1.82, 2.24) is 4.98 Å². The number of aromatic nitrogens is 1. The molecule has 2 heterocycles. The number of para-hydroxylation sites is 1. The van der Waals surface area contributed by atoms with Crippen molar-refractivity contribution >= 4 is 50.1 Å². The highest BCUT2D eigenvalue weighted by molar-refractivity contribution is 9.10. The molecule has 158 valence electrons. The number of nitrogens with zero attached hydrogens (tertiary/aromatic N) is 2. The molecule has 0 aliphatic heterocycles. The highest BCUT2D eigenvalue weighted by Crippen LogP contribution is 2.38. The molecule has 4 aromatic rings. The molecule has 0 atom stereocenters. The number of allylic oxidation sites excluding steroid dienone is 1. The van der Waals surface area contributed by atoms with E-state index < -0.39 is 10.9 Å². The zero-order valence-corrected chi connectivity index (χ0v) is 18.1. The largest absolute Gasteiger partial charge is 0.478 e. The maximum Gasteiger partial charge on any atom is 0.336 e. The van der Waals surface area contributed by atoms with Crippen LogP contribution >= 0.6 is 15.9 Å². The minimum Gasteiger partial charge on any atom is -0.478 e. The molecule has 0 amide bonds. The molecule has 5 rings (SSSR count). The van der Waals surface area contributed by atoms with E-state index in [2.05, 4.69) is 15.9 Å². The van der Waals surface area contributed by atoms with Gasteiger partial charge < -0.3 is 9.52 Å². The molecule has 0 fully saturated rings. The monoisotopic (exact) mass is 490 g/mol. The Balaban J connectivity index is 1.55. The predicted octanol–water partition coefficient (Wildman–Crippen LogP) is 6.35. The van der Waals surface area contributed by atoms with E-state index in [1.165, 1.54) is 12.1 Å². The number of carboxylic acid groups (broad SMARTS) is 1. The lowest BCUT2D eigenvalue weighted by molar-refractivity contribution is -0.384. The lowest BCUT2D eigenvalue weighted by Gasteiger charge is -2.08. The third-order valence-electron chi connectivity index (χ3n) is 5.53. The smallest absolute Gasteiger partial charge is 0.336 e. The van der Waals surface area contributed by atoms with Gasteiger partial charge in [-0.1, -0.05) is 18.2 Å². The van der Waals surface area contributed by atoms with E-state index in [1.807, 2.05) is 30.3 Å². The lowest BCUT2D eigenvalue weighted by Crippen LogP contribution is -2.05. The van der Waals surface area contributed by atoms with E-state index >= 15 is 0 Å². The van der Waals surface area contributed by atoms with E-state index in [1.54, 1.807) is 18.2 Å². The highest BCUT2D eigenvalue weighted by Gasteiger charge is 2.26. The van der Waals surface area contributed by atoms with Gasteiger partial charge in [-0.3, -0.25) is 10.1 Å². The Bertz CT molecular complexity index is 1450. The van der Waals surface area contributed by atoms with E-state index in [0.717, 1.165) is 11.1 Å². The minimum atomic E-state index is -0.954. The van der Waals surface area contributed by atoms with Gasteiger partial charge in [0.15, 0.2) is 0 Å². The molecular weight excluding hydrogens is 476 g/mol. The zero-order valence-electron chi connectivity index (χ0n) is 16.5. The molecule has 0 saturated heterocycles. The molecule has 2 aromatic carbocycles. The molecule has 1 N–H and O–H groups in total. The number of hydrogen-bond acceptors (Lipinski definition) is 5. The number of carbonyl (C=O) groups is 1. The summed E-state index contributed by atoms with van der Waals surface area (Å²) in [6.07, 6.45) is 3.14. The fraction of sp³-hybridized carbons (Fsp3) is 0.0833. The lowest BCUT2D eigenvalue weighted by atomic mass is 10.0.